The highest BCUT2D eigenvalue weighted by Crippen LogP contribution is 2.30. The Kier molecular flexibility index (Phi) is 4.46. The van der Waals surface area contributed by atoms with Crippen LogP contribution in [0.15, 0.2) is 24.5 Å². The first-order chi connectivity index (χ1) is 11.1. The van der Waals surface area contributed by atoms with Crippen molar-refractivity contribution >= 4 is 5.91 Å². The van der Waals surface area contributed by atoms with Gasteiger partial charge in [-0.15, -0.1) is 0 Å². The average Bonchev–Trinajstić information content (AvgIpc) is 2.98. The van der Waals surface area contributed by atoms with E-state index in [0.29, 0.717) is 5.69 Å². The molecule has 3 heterocycles. The summed E-state index contributed by atoms with van der Waals surface area (Å²) in [5.74, 6) is 0.0983. The molecule has 0 fully saturated rings. The van der Waals surface area contributed by atoms with Gasteiger partial charge in [-0.2, -0.15) is 5.10 Å². The molecule has 1 atom stereocenters. The second kappa shape index (κ2) is 6.52. The summed E-state index contributed by atoms with van der Waals surface area (Å²) in [6.07, 6.45) is 6.98. The molecule has 23 heavy (non-hydrogen) atoms. The van der Waals surface area contributed by atoms with E-state index in [9.17, 15) is 4.79 Å². The van der Waals surface area contributed by atoms with Gasteiger partial charge in [0.1, 0.15) is 5.69 Å². The second-order valence-corrected chi connectivity index (χ2v) is 6.34. The molecule has 0 radical (unpaired) electrons. The Hall–Kier alpha value is -2.17. The van der Waals surface area contributed by atoms with E-state index in [4.69, 9.17) is 0 Å². The number of pyridine rings is 1. The number of nitrogens with zero attached hydrogens (tertiary/aromatic N) is 4. The Bertz CT molecular complexity index is 707. The number of carbonyl (C=O) groups is 1. The molecule has 0 N–H and O–H groups in total. The first-order valence-electron chi connectivity index (χ1n) is 8.41. The molecule has 3 rings (SSSR count). The number of aromatic nitrogens is 3. The van der Waals surface area contributed by atoms with Crippen LogP contribution in [0.4, 0.5) is 0 Å². The molecule has 0 bridgehead atoms. The van der Waals surface area contributed by atoms with Gasteiger partial charge in [-0.3, -0.25) is 14.5 Å². The van der Waals surface area contributed by atoms with Gasteiger partial charge in [0.25, 0.3) is 5.91 Å². The summed E-state index contributed by atoms with van der Waals surface area (Å²) < 4.78 is 1.88. The molecule has 2 aromatic rings. The van der Waals surface area contributed by atoms with Crippen LogP contribution in [0.25, 0.3) is 11.1 Å². The van der Waals surface area contributed by atoms with Crippen LogP contribution in [-0.4, -0.2) is 38.7 Å². The molecule has 0 saturated heterocycles. The maximum Gasteiger partial charge on any atom is 0.272 e. The van der Waals surface area contributed by atoms with Crippen molar-refractivity contribution in [1.82, 2.24) is 19.7 Å². The van der Waals surface area contributed by atoms with Crippen molar-refractivity contribution in [2.75, 3.05) is 13.1 Å². The number of rotatable bonds is 5. The third-order valence-electron chi connectivity index (χ3n) is 4.43. The van der Waals surface area contributed by atoms with Crippen LogP contribution in [0.2, 0.25) is 0 Å². The zero-order valence-electron chi connectivity index (χ0n) is 14.1. The summed E-state index contributed by atoms with van der Waals surface area (Å²) in [6, 6.07) is 4.16. The summed E-state index contributed by atoms with van der Waals surface area (Å²) in [6.45, 7) is 7.83. The van der Waals surface area contributed by atoms with Crippen molar-refractivity contribution in [3.8, 4) is 11.1 Å². The Labute approximate surface area is 137 Å². The van der Waals surface area contributed by atoms with E-state index in [0.717, 1.165) is 49.2 Å². The van der Waals surface area contributed by atoms with Crippen molar-refractivity contribution in [3.05, 3.63) is 35.9 Å². The molecule has 5 nitrogen and oxygen atoms in total. The molecule has 0 saturated carbocycles. The normalized spacial score (nSPS) is 17.4. The monoisotopic (exact) mass is 312 g/mol. The molecule has 0 unspecified atom stereocenters. The topological polar surface area (TPSA) is 51.0 Å². The zero-order valence-corrected chi connectivity index (χ0v) is 14.1. The van der Waals surface area contributed by atoms with Crippen molar-refractivity contribution < 1.29 is 4.79 Å². The predicted octanol–water partition coefficient (Wildman–Crippen LogP) is 3.46. The largest absolute Gasteiger partial charge is 0.335 e. The van der Waals surface area contributed by atoms with Crippen molar-refractivity contribution in [2.24, 2.45) is 0 Å². The standard InChI is InChI=1S/C18H24N4O/c1-4-5-6-9-21-12-14(3)22-17(18(21)23)16(11-20-22)15-7-8-19-13(2)10-15/h7-8,10-11,14H,4-6,9,12H2,1-3H3/t14-/m0/s1. The lowest BCUT2D eigenvalue weighted by atomic mass is 10.0. The SMILES string of the molecule is CCCCCN1C[C@H](C)n2ncc(-c3ccnc(C)c3)c2C1=O. The minimum absolute atomic E-state index is 0.0983. The fourth-order valence-corrected chi connectivity index (χ4v) is 3.21. The van der Waals surface area contributed by atoms with Crippen LogP contribution >= 0.6 is 0 Å². The van der Waals surface area contributed by atoms with Crippen molar-refractivity contribution in [1.29, 1.82) is 0 Å². The number of amides is 1. The molecule has 0 spiro atoms. The van der Waals surface area contributed by atoms with Gasteiger partial charge in [0.05, 0.1) is 12.2 Å². The fourth-order valence-electron chi connectivity index (χ4n) is 3.21. The van der Waals surface area contributed by atoms with Gasteiger partial charge in [0, 0.05) is 30.5 Å². The summed E-state index contributed by atoms with van der Waals surface area (Å²) in [7, 11) is 0. The number of carbonyl (C=O) groups excluding carboxylic acids is 1. The number of fused-ring (bicyclic) bond motifs is 1. The highest BCUT2D eigenvalue weighted by Gasteiger charge is 2.32. The number of hydrogen-bond donors (Lipinski definition) is 0. The lowest BCUT2D eigenvalue weighted by Gasteiger charge is -2.32. The maximum atomic E-state index is 12.9. The third-order valence-corrected chi connectivity index (χ3v) is 4.43. The van der Waals surface area contributed by atoms with Gasteiger partial charge < -0.3 is 4.90 Å². The zero-order chi connectivity index (χ0) is 16.4. The average molecular weight is 312 g/mol. The van der Waals surface area contributed by atoms with Crippen LogP contribution in [0.5, 0.6) is 0 Å². The van der Waals surface area contributed by atoms with Crippen molar-refractivity contribution in [3.63, 3.8) is 0 Å². The smallest absolute Gasteiger partial charge is 0.272 e. The quantitative estimate of drug-likeness (QED) is 0.794. The predicted molar refractivity (Wildman–Crippen MR) is 90.3 cm³/mol. The molecule has 0 aromatic carbocycles. The van der Waals surface area contributed by atoms with Crippen molar-refractivity contribution in [2.45, 2.75) is 46.1 Å². The van der Waals surface area contributed by atoms with Gasteiger partial charge in [-0.1, -0.05) is 19.8 Å². The minimum atomic E-state index is 0.0983. The Morgan fingerprint density at radius 3 is 2.91 bits per heavy atom. The molecular formula is C18H24N4O. The molecule has 5 heteroatoms. The van der Waals surface area contributed by atoms with E-state index >= 15 is 0 Å². The first kappa shape index (κ1) is 15.7. The summed E-state index contributed by atoms with van der Waals surface area (Å²) in [5.41, 5.74) is 3.58. The minimum Gasteiger partial charge on any atom is -0.335 e. The van der Waals surface area contributed by atoms with E-state index < -0.39 is 0 Å². The van der Waals surface area contributed by atoms with Gasteiger partial charge in [-0.05, 0) is 38.0 Å². The van der Waals surface area contributed by atoms with E-state index in [1.54, 1.807) is 6.20 Å². The van der Waals surface area contributed by atoms with E-state index in [2.05, 4.69) is 23.9 Å². The highest BCUT2D eigenvalue weighted by atomic mass is 16.2. The van der Waals surface area contributed by atoms with E-state index in [-0.39, 0.29) is 11.9 Å². The van der Waals surface area contributed by atoms with Crippen LogP contribution in [0.1, 0.15) is 55.3 Å². The fraction of sp³-hybridized carbons (Fsp3) is 0.500. The molecule has 1 aliphatic rings. The number of hydrogen-bond acceptors (Lipinski definition) is 3. The summed E-state index contributed by atoms with van der Waals surface area (Å²) in [4.78, 5) is 19.2. The van der Waals surface area contributed by atoms with Crippen LogP contribution in [-0.2, 0) is 0 Å². The van der Waals surface area contributed by atoms with Crippen LogP contribution in [0.3, 0.4) is 0 Å². The van der Waals surface area contributed by atoms with Gasteiger partial charge in [-0.25, -0.2) is 0 Å². The third kappa shape index (κ3) is 3.00. The Balaban J connectivity index is 1.95. The number of unbranched alkanes of at least 4 members (excludes halogenated alkanes) is 2. The lowest BCUT2D eigenvalue weighted by molar-refractivity contribution is 0.0664. The summed E-state index contributed by atoms with van der Waals surface area (Å²) in [5, 5.41) is 4.47. The van der Waals surface area contributed by atoms with Gasteiger partial charge in [0.2, 0.25) is 0 Å². The van der Waals surface area contributed by atoms with Gasteiger partial charge >= 0.3 is 0 Å². The lowest BCUT2D eigenvalue weighted by Crippen LogP contribution is -2.43. The van der Waals surface area contributed by atoms with Crippen LogP contribution < -0.4 is 0 Å². The molecule has 1 aliphatic heterocycles. The molecule has 2 aromatic heterocycles. The maximum absolute atomic E-state index is 12.9. The first-order valence-corrected chi connectivity index (χ1v) is 8.41. The molecule has 1 amide bonds. The van der Waals surface area contributed by atoms with E-state index in [1.165, 1.54) is 0 Å². The molecule has 122 valence electrons. The molecule has 0 aliphatic carbocycles. The second-order valence-electron chi connectivity index (χ2n) is 6.34. The van der Waals surface area contributed by atoms with Crippen LogP contribution in [0, 0.1) is 6.92 Å². The summed E-state index contributed by atoms with van der Waals surface area (Å²) >= 11 is 0. The van der Waals surface area contributed by atoms with Gasteiger partial charge in [0.15, 0.2) is 0 Å². The Morgan fingerprint density at radius 1 is 1.35 bits per heavy atom. The Morgan fingerprint density at radius 2 is 2.17 bits per heavy atom. The van der Waals surface area contributed by atoms with E-state index in [1.807, 2.05) is 34.8 Å². The number of aryl methyl sites for hydroxylation is 1. The molecular weight excluding hydrogens is 288 g/mol. The highest BCUT2D eigenvalue weighted by molar-refractivity contribution is 5.99.